The molecule has 0 atom stereocenters. The van der Waals surface area contributed by atoms with Crippen LogP contribution < -0.4 is 5.32 Å². The first kappa shape index (κ1) is 12.0. The van der Waals surface area contributed by atoms with E-state index in [9.17, 15) is 0 Å². The highest BCUT2D eigenvalue weighted by Crippen LogP contribution is 2.19. The van der Waals surface area contributed by atoms with Crippen LogP contribution in [0.3, 0.4) is 0 Å². The molecule has 4 nitrogen and oxygen atoms in total. The summed E-state index contributed by atoms with van der Waals surface area (Å²) in [5.41, 5.74) is 2.89. The van der Waals surface area contributed by atoms with Crippen molar-refractivity contribution in [2.45, 2.75) is 19.9 Å². The van der Waals surface area contributed by atoms with Crippen molar-refractivity contribution in [2.24, 2.45) is 0 Å². The average Bonchev–Trinajstić information content (AvgIpc) is 2.92. The molecule has 0 amide bonds. The summed E-state index contributed by atoms with van der Waals surface area (Å²) < 4.78 is 0. The molecule has 3 rings (SSSR count). The van der Waals surface area contributed by atoms with Crippen LogP contribution in [0.4, 0.5) is 5.82 Å². The van der Waals surface area contributed by atoms with Gasteiger partial charge in [-0.25, -0.2) is 9.97 Å². The number of aromatic nitrogens is 3. The molecular formula is C14H14N4S. The number of aryl methyl sites for hydroxylation is 1. The zero-order chi connectivity index (χ0) is 13.1. The van der Waals surface area contributed by atoms with Crippen LogP contribution in [0.5, 0.6) is 0 Å². The van der Waals surface area contributed by atoms with Crippen molar-refractivity contribution < 1.29 is 0 Å². The fourth-order valence-electron chi connectivity index (χ4n) is 1.96. The molecule has 0 unspecified atom stereocenters. The Morgan fingerprint density at radius 1 is 1.16 bits per heavy atom. The van der Waals surface area contributed by atoms with E-state index in [1.54, 1.807) is 23.7 Å². The normalized spacial score (nSPS) is 10.8. The van der Waals surface area contributed by atoms with Crippen LogP contribution in [-0.4, -0.2) is 15.0 Å². The molecule has 1 N–H and O–H groups in total. The molecule has 96 valence electrons. The van der Waals surface area contributed by atoms with Gasteiger partial charge >= 0.3 is 0 Å². The van der Waals surface area contributed by atoms with E-state index < -0.39 is 0 Å². The maximum atomic E-state index is 4.45. The molecule has 5 heteroatoms. The lowest BCUT2D eigenvalue weighted by Crippen LogP contribution is -2.02. The highest BCUT2D eigenvalue weighted by atomic mass is 32.1. The van der Waals surface area contributed by atoms with Crippen molar-refractivity contribution in [2.75, 3.05) is 5.32 Å². The SMILES string of the molecule is CCc1ccsc1CNc1ccc2nccnc2n1. The minimum absolute atomic E-state index is 0.675. The first-order valence-electron chi connectivity index (χ1n) is 6.23. The molecule has 0 saturated carbocycles. The summed E-state index contributed by atoms with van der Waals surface area (Å²) in [5.74, 6) is 0.837. The summed E-state index contributed by atoms with van der Waals surface area (Å²) in [7, 11) is 0. The van der Waals surface area contributed by atoms with E-state index >= 15 is 0 Å². The molecule has 19 heavy (non-hydrogen) atoms. The van der Waals surface area contributed by atoms with Gasteiger partial charge in [-0.15, -0.1) is 11.3 Å². The molecule has 3 aromatic rings. The van der Waals surface area contributed by atoms with Crippen molar-refractivity contribution in [3.63, 3.8) is 0 Å². The van der Waals surface area contributed by atoms with Gasteiger partial charge in [0.25, 0.3) is 0 Å². The maximum absolute atomic E-state index is 4.45. The highest BCUT2D eigenvalue weighted by Gasteiger charge is 2.03. The summed E-state index contributed by atoms with van der Waals surface area (Å²) in [6.07, 6.45) is 4.40. The van der Waals surface area contributed by atoms with Crippen LogP contribution in [0.2, 0.25) is 0 Å². The van der Waals surface area contributed by atoms with Crippen molar-refractivity contribution in [1.82, 2.24) is 15.0 Å². The third-order valence-electron chi connectivity index (χ3n) is 2.98. The van der Waals surface area contributed by atoms with E-state index in [1.165, 1.54) is 10.4 Å². The third-order valence-corrected chi connectivity index (χ3v) is 3.94. The van der Waals surface area contributed by atoms with Crippen LogP contribution >= 0.6 is 11.3 Å². The van der Waals surface area contributed by atoms with E-state index in [-0.39, 0.29) is 0 Å². The number of nitrogens with one attached hydrogen (secondary N) is 1. The Bertz CT molecular complexity index is 692. The second-order valence-corrected chi connectivity index (χ2v) is 5.17. The van der Waals surface area contributed by atoms with Gasteiger partial charge in [0.05, 0.1) is 6.54 Å². The van der Waals surface area contributed by atoms with Crippen LogP contribution in [0.25, 0.3) is 11.2 Å². The fraction of sp³-hybridized carbons (Fsp3) is 0.214. The van der Waals surface area contributed by atoms with Crippen molar-refractivity contribution in [3.8, 4) is 0 Å². The Kier molecular flexibility index (Phi) is 3.37. The van der Waals surface area contributed by atoms with Crippen LogP contribution in [-0.2, 0) is 13.0 Å². The van der Waals surface area contributed by atoms with Gasteiger partial charge in [0.15, 0.2) is 5.65 Å². The quantitative estimate of drug-likeness (QED) is 0.790. The van der Waals surface area contributed by atoms with Gasteiger partial charge < -0.3 is 5.32 Å². The largest absolute Gasteiger partial charge is 0.365 e. The number of pyridine rings is 1. The third kappa shape index (κ3) is 2.56. The van der Waals surface area contributed by atoms with E-state index in [0.29, 0.717) is 5.65 Å². The summed E-state index contributed by atoms with van der Waals surface area (Å²) in [6, 6.07) is 6.06. The zero-order valence-corrected chi connectivity index (χ0v) is 11.4. The van der Waals surface area contributed by atoms with Gasteiger partial charge in [-0.05, 0) is 35.6 Å². The van der Waals surface area contributed by atoms with Gasteiger partial charge in [0.1, 0.15) is 11.3 Å². The first-order chi connectivity index (χ1) is 9.36. The molecule has 3 heterocycles. The molecule has 0 radical (unpaired) electrons. The number of anilines is 1. The summed E-state index contributed by atoms with van der Waals surface area (Å²) in [6.45, 7) is 2.98. The Morgan fingerprint density at radius 3 is 2.95 bits per heavy atom. The monoisotopic (exact) mass is 270 g/mol. The lowest BCUT2D eigenvalue weighted by Gasteiger charge is -2.06. The van der Waals surface area contributed by atoms with Gasteiger partial charge in [-0.2, -0.15) is 0 Å². The van der Waals surface area contributed by atoms with E-state index in [1.807, 2.05) is 12.1 Å². The Hall–Kier alpha value is -2.01. The number of rotatable bonds is 4. The Morgan fingerprint density at radius 2 is 2.05 bits per heavy atom. The van der Waals surface area contributed by atoms with Crippen molar-refractivity contribution >= 4 is 28.3 Å². The van der Waals surface area contributed by atoms with Gasteiger partial charge in [-0.1, -0.05) is 6.92 Å². The molecule has 0 aliphatic carbocycles. The topological polar surface area (TPSA) is 50.7 Å². The lowest BCUT2D eigenvalue weighted by molar-refractivity contribution is 1.07. The summed E-state index contributed by atoms with van der Waals surface area (Å²) in [5, 5.41) is 5.48. The molecule has 0 aliphatic rings. The van der Waals surface area contributed by atoms with Crippen molar-refractivity contribution in [3.05, 3.63) is 46.4 Å². The molecule has 3 aromatic heterocycles. The smallest absolute Gasteiger partial charge is 0.180 e. The number of nitrogens with zero attached hydrogens (tertiary/aromatic N) is 3. The van der Waals surface area contributed by atoms with E-state index in [0.717, 1.165) is 24.3 Å². The first-order valence-corrected chi connectivity index (χ1v) is 7.11. The highest BCUT2D eigenvalue weighted by molar-refractivity contribution is 7.10. The predicted molar refractivity (Wildman–Crippen MR) is 78.4 cm³/mol. The second-order valence-electron chi connectivity index (χ2n) is 4.17. The van der Waals surface area contributed by atoms with Crippen LogP contribution in [0.1, 0.15) is 17.4 Å². The average molecular weight is 270 g/mol. The van der Waals surface area contributed by atoms with Gasteiger partial charge in [0, 0.05) is 17.3 Å². The molecule has 0 aliphatic heterocycles. The molecule has 0 spiro atoms. The molecular weight excluding hydrogens is 256 g/mol. The standard InChI is InChI=1S/C14H14N4S/c1-2-10-5-8-19-12(10)9-17-13-4-3-11-14(18-13)16-7-6-15-11/h3-8H,2,9H2,1H3,(H,16,17,18). The van der Waals surface area contributed by atoms with Crippen molar-refractivity contribution in [1.29, 1.82) is 0 Å². The van der Waals surface area contributed by atoms with Crippen LogP contribution in [0, 0.1) is 0 Å². The summed E-state index contributed by atoms with van der Waals surface area (Å²) in [4.78, 5) is 14.2. The van der Waals surface area contributed by atoms with Gasteiger partial charge in [0.2, 0.25) is 0 Å². The number of thiophene rings is 1. The number of hydrogen-bond acceptors (Lipinski definition) is 5. The number of hydrogen-bond donors (Lipinski definition) is 1. The van der Waals surface area contributed by atoms with E-state index in [4.69, 9.17) is 0 Å². The number of fused-ring (bicyclic) bond motifs is 1. The lowest BCUT2D eigenvalue weighted by atomic mass is 10.2. The minimum Gasteiger partial charge on any atom is -0.365 e. The molecule has 0 saturated heterocycles. The van der Waals surface area contributed by atoms with Crippen LogP contribution in [0.15, 0.2) is 36.0 Å². The predicted octanol–water partition coefficient (Wildman–Crippen LogP) is 3.26. The Labute approximate surface area is 115 Å². The minimum atomic E-state index is 0.675. The fourth-order valence-corrected chi connectivity index (χ4v) is 2.88. The van der Waals surface area contributed by atoms with E-state index in [2.05, 4.69) is 38.6 Å². The molecule has 0 fully saturated rings. The zero-order valence-electron chi connectivity index (χ0n) is 10.6. The second kappa shape index (κ2) is 5.32. The Balaban J connectivity index is 1.78. The molecule has 0 bridgehead atoms. The van der Waals surface area contributed by atoms with Gasteiger partial charge in [-0.3, -0.25) is 4.98 Å². The maximum Gasteiger partial charge on any atom is 0.180 e. The summed E-state index contributed by atoms with van der Waals surface area (Å²) >= 11 is 1.78. The molecule has 0 aromatic carbocycles.